The van der Waals surface area contributed by atoms with Crippen LogP contribution in [0.5, 0.6) is 0 Å². The number of hydrogen-bond acceptors (Lipinski definition) is 3. The fourth-order valence-electron chi connectivity index (χ4n) is 2.05. The molecule has 1 atom stereocenters. The standard InChI is InChI=1S/C16H18ClNO2S2/c1-22(19,20)18-11-12-21-16(13-5-3-2-4-6-13)14-7-9-15(17)10-8-14/h2-10,16,18H,11-12H2,1H3. The molecule has 0 heterocycles. The Morgan fingerprint density at radius 3 is 2.23 bits per heavy atom. The van der Waals surface area contributed by atoms with Crippen LogP contribution in [0.2, 0.25) is 5.02 Å². The van der Waals surface area contributed by atoms with Crippen LogP contribution in [0, 0.1) is 0 Å². The van der Waals surface area contributed by atoms with Crippen molar-refractivity contribution in [2.75, 3.05) is 18.6 Å². The predicted molar refractivity (Wildman–Crippen MR) is 95.0 cm³/mol. The number of halogens is 1. The first-order valence-electron chi connectivity index (χ1n) is 6.82. The van der Waals surface area contributed by atoms with E-state index < -0.39 is 10.0 Å². The van der Waals surface area contributed by atoms with Crippen LogP contribution in [0.3, 0.4) is 0 Å². The Hall–Kier alpha value is -1.01. The topological polar surface area (TPSA) is 46.2 Å². The van der Waals surface area contributed by atoms with Gasteiger partial charge in [-0.2, -0.15) is 0 Å². The lowest BCUT2D eigenvalue weighted by atomic mass is 10.0. The summed E-state index contributed by atoms with van der Waals surface area (Å²) in [7, 11) is -3.14. The molecular weight excluding hydrogens is 338 g/mol. The van der Waals surface area contributed by atoms with Crippen LogP contribution in [-0.4, -0.2) is 27.0 Å². The third kappa shape index (κ3) is 5.65. The normalized spacial score (nSPS) is 13.0. The summed E-state index contributed by atoms with van der Waals surface area (Å²) >= 11 is 7.66. The third-order valence-corrected chi connectivity index (χ3v) is 5.32. The summed E-state index contributed by atoms with van der Waals surface area (Å²) in [4.78, 5) is 0. The first kappa shape index (κ1) is 17.3. The summed E-state index contributed by atoms with van der Waals surface area (Å²) in [6.45, 7) is 0.417. The number of thioether (sulfide) groups is 1. The number of rotatable bonds is 7. The van der Waals surface area contributed by atoms with Crippen LogP contribution < -0.4 is 4.72 Å². The smallest absolute Gasteiger partial charge is 0.208 e. The van der Waals surface area contributed by atoms with Crippen molar-refractivity contribution in [3.63, 3.8) is 0 Å². The van der Waals surface area contributed by atoms with E-state index in [2.05, 4.69) is 16.9 Å². The molecule has 0 saturated heterocycles. The molecule has 118 valence electrons. The van der Waals surface area contributed by atoms with Crippen molar-refractivity contribution in [2.24, 2.45) is 0 Å². The summed E-state index contributed by atoms with van der Waals surface area (Å²) in [5.41, 5.74) is 2.34. The van der Waals surface area contributed by atoms with Gasteiger partial charge in [-0.1, -0.05) is 54.1 Å². The van der Waals surface area contributed by atoms with E-state index in [9.17, 15) is 8.42 Å². The predicted octanol–water partition coefficient (Wildman–Crippen LogP) is 3.71. The first-order valence-corrected chi connectivity index (χ1v) is 10.1. The van der Waals surface area contributed by atoms with Crippen molar-refractivity contribution in [2.45, 2.75) is 5.25 Å². The molecular formula is C16H18ClNO2S2. The molecule has 2 rings (SSSR count). The van der Waals surface area contributed by atoms with E-state index in [1.165, 1.54) is 11.8 Å². The summed E-state index contributed by atoms with van der Waals surface area (Å²) in [5.74, 6) is 0.690. The Balaban J connectivity index is 2.11. The zero-order chi connectivity index (χ0) is 16.0. The summed E-state index contributed by atoms with van der Waals surface area (Å²) in [6.07, 6.45) is 1.17. The van der Waals surface area contributed by atoms with E-state index in [0.29, 0.717) is 17.3 Å². The number of nitrogens with one attached hydrogen (secondary N) is 1. The van der Waals surface area contributed by atoms with Gasteiger partial charge in [0.2, 0.25) is 10.0 Å². The average molecular weight is 356 g/mol. The molecule has 3 nitrogen and oxygen atoms in total. The maximum absolute atomic E-state index is 11.1. The molecule has 2 aromatic carbocycles. The molecule has 0 aliphatic heterocycles. The molecule has 2 aromatic rings. The largest absolute Gasteiger partial charge is 0.215 e. The Kier molecular flexibility index (Phi) is 6.32. The van der Waals surface area contributed by atoms with Crippen LogP contribution in [0.15, 0.2) is 54.6 Å². The van der Waals surface area contributed by atoms with Gasteiger partial charge in [0.15, 0.2) is 0 Å². The zero-order valence-electron chi connectivity index (χ0n) is 12.2. The molecule has 0 bridgehead atoms. The summed E-state index contributed by atoms with van der Waals surface area (Å²) in [5, 5.41) is 0.860. The quantitative estimate of drug-likeness (QED) is 0.770. The first-order chi connectivity index (χ1) is 10.5. The molecule has 0 saturated carbocycles. The Morgan fingerprint density at radius 1 is 1.05 bits per heavy atom. The van der Waals surface area contributed by atoms with Crippen molar-refractivity contribution < 1.29 is 8.42 Å². The highest BCUT2D eigenvalue weighted by atomic mass is 35.5. The lowest BCUT2D eigenvalue weighted by Crippen LogP contribution is -2.24. The maximum Gasteiger partial charge on any atom is 0.208 e. The molecule has 0 aromatic heterocycles. The molecule has 6 heteroatoms. The van der Waals surface area contributed by atoms with Crippen molar-refractivity contribution in [3.05, 3.63) is 70.7 Å². The third-order valence-electron chi connectivity index (χ3n) is 3.03. The Morgan fingerprint density at radius 2 is 1.64 bits per heavy atom. The highest BCUT2D eigenvalue weighted by Gasteiger charge is 2.14. The van der Waals surface area contributed by atoms with E-state index >= 15 is 0 Å². The lowest BCUT2D eigenvalue weighted by Gasteiger charge is -2.18. The van der Waals surface area contributed by atoms with Gasteiger partial charge in [0, 0.05) is 17.3 Å². The van der Waals surface area contributed by atoms with Gasteiger partial charge in [-0.15, -0.1) is 11.8 Å². The van der Waals surface area contributed by atoms with Crippen LogP contribution in [0.1, 0.15) is 16.4 Å². The molecule has 0 aliphatic carbocycles. The molecule has 0 radical (unpaired) electrons. The minimum atomic E-state index is -3.14. The molecule has 0 aliphatic rings. The molecule has 0 amide bonds. The van der Waals surface area contributed by atoms with Crippen LogP contribution in [0.4, 0.5) is 0 Å². The Labute approximate surface area is 141 Å². The van der Waals surface area contributed by atoms with Gasteiger partial charge in [-0.25, -0.2) is 13.1 Å². The summed E-state index contributed by atoms with van der Waals surface area (Å²) in [6, 6.07) is 17.9. The van der Waals surface area contributed by atoms with Gasteiger partial charge in [-0.05, 0) is 23.3 Å². The number of hydrogen-bond donors (Lipinski definition) is 1. The van der Waals surface area contributed by atoms with Crippen molar-refractivity contribution >= 4 is 33.4 Å². The van der Waals surface area contributed by atoms with E-state index in [-0.39, 0.29) is 5.25 Å². The van der Waals surface area contributed by atoms with E-state index in [1.807, 2.05) is 42.5 Å². The minimum absolute atomic E-state index is 0.153. The van der Waals surface area contributed by atoms with Crippen molar-refractivity contribution in [3.8, 4) is 0 Å². The minimum Gasteiger partial charge on any atom is -0.215 e. The SMILES string of the molecule is CS(=O)(=O)NCCSC(c1ccccc1)c1ccc(Cl)cc1. The highest BCUT2D eigenvalue weighted by Crippen LogP contribution is 2.35. The maximum atomic E-state index is 11.1. The zero-order valence-corrected chi connectivity index (χ0v) is 14.6. The van der Waals surface area contributed by atoms with Gasteiger partial charge in [0.25, 0.3) is 0 Å². The number of sulfonamides is 1. The van der Waals surface area contributed by atoms with Crippen LogP contribution in [-0.2, 0) is 10.0 Å². The molecule has 1 unspecified atom stereocenters. The monoisotopic (exact) mass is 355 g/mol. The molecule has 0 fully saturated rings. The van der Waals surface area contributed by atoms with Gasteiger partial charge in [-0.3, -0.25) is 0 Å². The van der Waals surface area contributed by atoms with E-state index in [0.717, 1.165) is 5.56 Å². The second kappa shape index (κ2) is 8.02. The van der Waals surface area contributed by atoms with Crippen LogP contribution in [0.25, 0.3) is 0 Å². The van der Waals surface area contributed by atoms with Gasteiger partial charge in [0.1, 0.15) is 0 Å². The van der Waals surface area contributed by atoms with Crippen LogP contribution >= 0.6 is 23.4 Å². The summed E-state index contributed by atoms with van der Waals surface area (Å²) < 4.78 is 24.8. The second-order valence-corrected chi connectivity index (χ2v) is 8.36. The van der Waals surface area contributed by atoms with Crippen molar-refractivity contribution in [1.82, 2.24) is 4.72 Å². The van der Waals surface area contributed by atoms with Gasteiger partial charge < -0.3 is 0 Å². The van der Waals surface area contributed by atoms with Gasteiger partial charge in [0.05, 0.1) is 11.5 Å². The van der Waals surface area contributed by atoms with E-state index in [1.54, 1.807) is 11.8 Å². The number of benzene rings is 2. The van der Waals surface area contributed by atoms with E-state index in [4.69, 9.17) is 11.6 Å². The molecule has 22 heavy (non-hydrogen) atoms. The molecule has 0 spiro atoms. The second-order valence-electron chi connectivity index (χ2n) is 4.88. The molecule has 1 N–H and O–H groups in total. The lowest BCUT2D eigenvalue weighted by molar-refractivity contribution is 0.590. The average Bonchev–Trinajstić information content (AvgIpc) is 2.48. The van der Waals surface area contributed by atoms with Gasteiger partial charge >= 0.3 is 0 Å². The fourth-order valence-corrected chi connectivity index (χ4v) is 3.94. The highest BCUT2D eigenvalue weighted by molar-refractivity contribution is 7.99. The van der Waals surface area contributed by atoms with Crippen molar-refractivity contribution in [1.29, 1.82) is 0 Å². The Bertz CT molecular complexity index is 688. The fraction of sp³-hybridized carbons (Fsp3) is 0.250.